The van der Waals surface area contributed by atoms with Crippen LogP contribution in [0.3, 0.4) is 0 Å². The fourth-order valence-corrected chi connectivity index (χ4v) is 4.68. The van der Waals surface area contributed by atoms with Crippen LogP contribution in [0.25, 0.3) is 0 Å². The van der Waals surface area contributed by atoms with Crippen molar-refractivity contribution in [2.45, 2.75) is 77.0 Å². The molecule has 0 radical (unpaired) electrons. The molecule has 4 heteroatoms. The van der Waals surface area contributed by atoms with Gasteiger partial charge in [-0.2, -0.15) is 0 Å². The molecule has 1 saturated carbocycles. The van der Waals surface area contributed by atoms with E-state index in [2.05, 4.69) is 52.4 Å². The van der Waals surface area contributed by atoms with Crippen LogP contribution in [0.2, 0.25) is 0 Å². The fraction of sp³-hybridized carbons (Fsp3) is 0.667. The van der Waals surface area contributed by atoms with Crippen LogP contribution in [-0.4, -0.2) is 23.7 Å². The number of fused-ring (bicyclic) bond motifs is 1. The number of hydrogen-bond acceptors (Lipinski definition) is 2. The van der Waals surface area contributed by atoms with Crippen molar-refractivity contribution in [1.82, 2.24) is 5.32 Å². The third-order valence-electron chi connectivity index (χ3n) is 5.70. The summed E-state index contributed by atoms with van der Waals surface area (Å²) in [4.78, 5) is 12.3. The minimum absolute atomic E-state index is 0.0302. The van der Waals surface area contributed by atoms with Gasteiger partial charge in [0, 0.05) is 28.8 Å². The Bertz CT molecular complexity index is 600. The molecule has 3 nitrogen and oxygen atoms in total. The maximum atomic E-state index is 12.3. The van der Waals surface area contributed by atoms with E-state index in [0.717, 1.165) is 23.7 Å². The normalized spacial score (nSPS) is 32.3. The van der Waals surface area contributed by atoms with Crippen LogP contribution < -0.4 is 5.32 Å². The number of carbonyl (C=O) groups is 1. The summed E-state index contributed by atoms with van der Waals surface area (Å²) in [6, 6.07) is 8.72. The van der Waals surface area contributed by atoms with Gasteiger partial charge in [0.05, 0.1) is 11.7 Å². The summed E-state index contributed by atoms with van der Waals surface area (Å²) in [6.07, 6.45) is 6.83. The quantitative estimate of drug-likeness (QED) is 0.772. The van der Waals surface area contributed by atoms with E-state index in [1.165, 1.54) is 24.8 Å². The van der Waals surface area contributed by atoms with E-state index in [1.54, 1.807) is 0 Å². The Hall–Kier alpha value is -0.870. The topological polar surface area (TPSA) is 38.3 Å². The predicted octanol–water partition coefficient (Wildman–Crippen LogP) is 4.87. The van der Waals surface area contributed by atoms with E-state index >= 15 is 0 Å². The van der Waals surface area contributed by atoms with Crippen molar-refractivity contribution in [3.63, 3.8) is 0 Å². The van der Waals surface area contributed by atoms with Crippen molar-refractivity contribution in [1.29, 1.82) is 0 Å². The summed E-state index contributed by atoms with van der Waals surface area (Å²) in [7, 11) is 0. The second-order valence-electron chi connectivity index (χ2n) is 8.33. The van der Waals surface area contributed by atoms with Gasteiger partial charge in [0.2, 0.25) is 5.91 Å². The SMILES string of the molecule is CC(C)C(=O)N[C@@H]1C[C@](C)(Cc2ccc(Br)cc2)O[C@@H]2CCCC[C@@H]12. The summed E-state index contributed by atoms with van der Waals surface area (Å²) >= 11 is 3.50. The molecule has 1 amide bonds. The summed E-state index contributed by atoms with van der Waals surface area (Å²) in [5, 5.41) is 3.34. The Labute approximate surface area is 160 Å². The molecule has 1 saturated heterocycles. The molecule has 0 unspecified atom stereocenters. The summed E-state index contributed by atoms with van der Waals surface area (Å²) in [5.74, 6) is 0.666. The minimum atomic E-state index is -0.221. The Balaban J connectivity index is 1.77. The molecule has 1 aliphatic heterocycles. The number of halogens is 1. The predicted molar refractivity (Wildman–Crippen MR) is 104 cm³/mol. The van der Waals surface area contributed by atoms with E-state index in [1.807, 2.05) is 13.8 Å². The molecule has 0 aromatic heterocycles. The smallest absolute Gasteiger partial charge is 0.222 e. The highest BCUT2D eigenvalue weighted by atomic mass is 79.9. The average Bonchev–Trinajstić information content (AvgIpc) is 2.56. The van der Waals surface area contributed by atoms with Crippen LogP contribution in [0.15, 0.2) is 28.7 Å². The van der Waals surface area contributed by atoms with Gasteiger partial charge in [-0.1, -0.05) is 54.8 Å². The lowest BCUT2D eigenvalue weighted by Crippen LogP contribution is -2.58. The van der Waals surface area contributed by atoms with Gasteiger partial charge in [-0.05, 0) is 43.9 Å². The first-order valence-corrected chi connectivity index (χ1v) is 10.4. The van der Waals surface area contributed by atoms with Gasteiger partial charge in [-0.15, -0.1) is 0 Å². The van der Waals surface area contributed by atoms with E-state index in [9.17, 15) is 4.79 Å². The summed E-state index contributed by atoms with van der Waals surface area (Å²) in [6.45, 7) is 6.15. The summed E-state index contributed by atoms with van der Waals surface area (Å²) < 4.78 is 7.72. The van der Waals surface area contributed by atoms with E-state index in [-0.39, 0.29) is 29.6 Å². The highest BCUT2D eigenvalue weighted by molar-refractivity contribution is 9.10. The minimum Gasteiger partial charge on any atom is -0.371 e. The molecule has 2 aliphatic rings. The Morgan fingerprint density at radius 2 is 1.96 bits per heavy atom. The van der Waals surface area contributed by atoms with Gasteiger partial charge in [0.25, 0.3) is 0 Å². The molecule has 0 spiro atoms. The zero-order chi connectivity index (χ0) is 18.0. The third-order valence-corrected chi connectivity index (χ3v) is 6.23. The number of rotatable bonds is 4. The first kappa shape index (κ1) is 18.9. The van der Waals surface area contributed by atoms with Crippen LogP contribution >= 0.6 is 15.9 Å². The van der Waals surface area contributed by atoms with Crippen LogP contribution in [-0.2, 0) is 16.0 Å². The monoisotopic (exact) mass is 407 g/mol. The molecule has 4 atom stereocenters. The lowest BCUT2D eigenvalue weighted by atomic mass is 9.73. The number of benzene rings is 1. The number of amides is 1. The zero-order valence-corrected chi connectivity index (χ0v) is 17.1. The highest BCUT2D eigenvalue weighted by Crippen LogP contribution is 2.41. The average molecular weight is 408 g/mol. The molecular formula is C21H30BrNO2. The van der Waals surface area contributed by atoms with Gasteiger partial charge in [-0.3, -0.25) is 4.79 Å². The second kappa shape index (κ2) is 7.79. The van der Waals surface area contributed by atoms with Gasteiger partial charge >= 0.3 is 0 Å². The van der Waals surface area contributed by atoms with Crippen LogP contribution in [0.4, 0.5) is 0 Å². The van der Waals surface area contributed by atoms with E-state index < -0.39 is 0 Å². The van der Waals surface area contributed by atoms with Crippen LogP contribution in [0, 0.1) is 11.8 Å². The molecule has 1 aliphatic carbocycles. The highest BCUT2D eigenvalue weighted by Gasteiger charge is 2.45. The molecule has 1 aromatic rings. The van der Waals surface area contributed by atoms with Crippen LogP contribution in [0.5, 0.6) is 0 Å². The van der Waals surface area contributed by atoms with Gasteiger partial charge in [-0.25, -0.2) is 0 Å². The number of carbonyl (C=O) groups excluding carboxylic acids is 1. The molecule has 1 N–H and O–H groups in total. The first-order chi connectivity index (χ1) is 11.9. The van der Waals surface area contributed by atoms with Crippen LogP contribution in [0.1, 0.15) is 58.4 Å². The molecule has 25 heavy (non-hydrogen) atoms. The van der Waals surface area contributed by atoms with E-state index in [4.69, 9.17) is 4.74 Å². The molecule has 138 valence electrons. The molecule has 1 heterocycles. The van der Waals surface area contributed by atoms with Crippen molar-refractivity contribution >= 4 is 21.8 Å². The van der Waals surface area contributed by atoms with Gasteiger partial charge < -0.3 is 10.1 Å². The second-order valence-corrected chi connectivity index (χ2v) is 9.25. The molecule has 3 rings (SSSR count). The van der Waals surface area contributed by atoms with E-state index in [0.29, 0.717) is 5.92 Å². The number of nitrogens with one attached hydrogen (secondary N) is 1. The van der Waals surface area contributed by atoms with Crippen molar-refractivity contribution in [2.24, 2.45) is 11.8 Å². The Morgan fingerprint density at radius 1 is 1.28 bits per heavy atom. The lowest BCUT2D eigenvalue weighted by molar-refractivity contribution is -0.168. The molecule has 0 bridgehead atoms. The maximum absolute atomic E-state index is 12.3. The number of ether oxygens (including phenoxy) is 1. The number of hydrogen-bond donors (Lipinski definition) is 1. The lowest BCUT2D eigenvalue weighted by Gasteiger charge is -2.50. The van der Waals surface area contributed by atoms with Crippen molar-refractivity contribution in [2.75, 3.05) is 0 Å². The Morgan fingerprint density at radius 3 is 2.64 bits per heavy atom. The van der Waals surface area contributed by atoms with Gasteiger partial charge in [0.1, 0.15) is 0 Å². The van der Waals surface area contributed by atoms with Crippen molar-refractivity contribution < 1.29 is 9.53 Å². The first-order valence-electron chi connectivity index (χ1n) is 9.59. The standard InChI is InChI=1S/C21H30BrNO2/c1-14(2)20(24)23-18-13-21(3,12-15-8-10-16(22)11-9-15)25-19-7-5-4-6-17(18)19/h8-11,14,17-19H,4-7,12-13H2,1-3H3,(H,23,24)/t17-,18+,19+,21-/m0/s1. The molecule has 1 aromatic carbocycles. The molecule has 2 fully saturated rings. The van der Waals surface area contributed by atoms with Crippen molar-refractivity contribution in [3.8, 4) is 0 Å². The largest absolute Gasteiger partial charge is 0.371 e. The zero-order valence-electron chi connectivity index (χ0n) is 15.6. The van der Waals surface area contributed by atoms with Gasteiger partial charge in [0.15, 0.2) is 0 Å². The summed E-state index contributed by atoms with van der Waals surface area (Å²) in [5.41, 5.74) is 1.07. The molecular weight excluding hydrogens is 378 g/mol. The maximum Gasteiger partial charge on any atom is 0.222 e. The third kappa shape index (κ3) is 4.65. The van der Waals surface area contributed by atoms with Crippen molar-refractivity contribution in [3.05, 3.63) is 34.3 Å². The Kier molecular flexibility index (Phi) is 5.89. The fourth-order valence-electron chi connectivity index (χ4n) is 4.42.